The molecule has 0 unspecified atom stereocenters. The number of carbonyl (C=O) groups is 1. The first-order valence-corrected chi connectivity index (χ1v) is 10.7. The van der Waals surface area contributed by atoms with E-state index >= 15 is 0 Å². The number of hydrogen-bond donors (Lipinski definition) is 1. The van der Waals surface area contributed by atoms with E-state index in [-0.39, 0.29) is 10.3 Å². The van der Waals surface area contributed by atoms with Crippen molar-refractivity contribution in [3.63, 3.8) is 0 Å². The van der Waals surface area contributed by atoms with Crippen LogP contribution in [0.2, 0.25) is 0 Å². The number of carbonyl (C=O) groups excluding carboxylic acids is 1. The fourth-order valence-electron chi connectivity index (χ4n) is 2.57. The Kier molecular flexibility index (Phi) is 5.73. The monoisotopic (exact) mass is 428 g/mol. The average Bonchev–Trinajstić information content (AvgIpc) is 3.13. The van der Waals surface area contributed by atoms with Gasteiger partial charge in [-0.15, -0.1) is 0 Å². The average molecular weight is 429 g/mol. The first kappa shape index (κ1) is 21.6. The van der Waals surface area contributed by atoms with Crippen LogP contribution < -0.4 is 5.32 Å². The molecule has 1 N–H and O–H groups in total. The van der Waals surface area contributed by atoms with E-state index in [0.29, 0.717) is 17.3 Å². The number of amides is 1. The van der Waals surface area contributed by atoms with Gasteiger partial charge in [0.2, 0.25) is 10.0 Å². The number of nitrogens with one attached hydrogen (secondary N) is 1. The lowest BCUT2D eigenvalue weighted by Crippen LogP contribution is -2.22. The molecule has 0 aliphatic carbocycles. The van der Waals surface area contributed by atoms with E-state index in [9.17, 15) is 13.2 Å². The minimum Gasteiger partial charge on any atom is -0.306 e. The highest BCUT2D eigenvalue weighted by atomic mass is 32.2. The molecule has 0 spiro atoms. The van der Waals surface area contributed by atoms with Crippen molar-refractivity contribution in [2.24, 2.45) is 0 Å². The third-order valence-corrected chi connectivity index (χ3v) is 6.19. The predicted molar refractivity (Wildman–Crippen MR) is 113 cm³/mol. The van der Waals surface area contributed by atoms with E-state index in [2.05, 4.69) is 20.4 Å². The van der Waals surface area contributed by atoms with Gasteiger partial charge in [0.15, 0.2) is 0 Å². The molecule has 0 saturated heterocycles. The summed E-state index contributed by atoms with van der Waals surface area (Å²) >= 11 is 0. The van der Waals surface area contributed by atoms with E-state index in [1.165, 1.54) is 43.0 Å². The second-order valence-electron chi connectivity index (χ2n) is 7.89. The van der Waals surface area contributed by atoms with Gasteiger partial charge < -0.3 is 5.32 Å². The Labute approximate surface area is 175 Å². The zero-order valence-electron chi connectivity index (χ0n) is 17.5. The van der Waals surface area contributed by atoms with Crippen LogP contribution in [0.4, 0.5) is 5.82 Å². The highest BCUT2D eigenvalue weighted by molar-refractivity contribution is 7.89. The van der Waals surface area contributed by atoms with E-state index in [0.717, 1.165) is 10.00 Å². The Morgan fingerprint density at radius 3 is 2.20 bits per heavy atom. The molecule has 0 fully saturated rings. The molecule has 1 aromatic carbocycles. The molecule has 10 heteroatoms. The quantitative estimate of drug-likeness (QED) is 0.668. The fourth-order valence-corrected chi connectivity index (χ4v) is 3.47. The Morgan fingerprint density at radius 2 is 1.67 bits per heavy atom. The zero-order valence-corrected chi connectivity index (χ0v) is 18.3. The lowest BCUT2D eigenvalue weighted by atomic mass is 9.92. The summed E-state index contributed by atoms with van der Waals surface area (Å²) in [6.45, 7) is 6.04. The molecule has 30 heavy (non-hydrogen) atoms. The summed E-state index contributed by atoms with van der Waals surface area (Å²) in [7, 11) is -0.655. The summed E-state index contributed by atoms with van der Waals surface area (Å²) in [4.78, 5) is 21.3. The van der Waals surface area contributed by atoms with Crippen LogP contribution in [0, 0.1) is 0 Å². The van der Waals surface area contributed by atoms with Crippen molar-refractivity contribution in [1.29, 1.82) is 0 Å². The smallest absolute Gasteiger partial charge is 0.256 e. The van der Waals surface area contributed by atoms with E-state index in [1.54, 1.807) is 24.5 Å². The van der Waals surface area contributed by atoms with Crippen molar-refractivity contribution >= 4 is 21.7 Å². The van der Waals surface area contributed by atoms with Gasteiger partial charge in [0, 0.05) is 43.5 Å². The summed E-state index contributed by atoms with van der Waals surface area (Å²) < 4.78 is 27.0. The predicted octanol–water partition coefficient (Wildman–Crippen LogP) is 2.46. The van der Waals surface area contributed by atoms with Crippen LogP contribution in [-0.2, 0) is 15.4 Å². The molecule has 158 valence electrons. The maximum Gasteiger partial charge on any atom is 0.256 e. The SMILES string of the molecule is CN(C)S(=O)(=O)c1ccc(C(=O)Nc2cc(C(C)(C)C)nn2-c2ncccn2)cc1. The molecular formula is C20H24N6O3S. The molecule has 0 radical (unpaired) electrons. The maximum absolute atomic E-state index is 12.8. The molecule has 2 aromatic heterocycles. The van der Waals surface area contributed by atoms with E-state index < -0.39 is 15.9 Å². The first-order chi connectivity index (χ1) is 14.0. The van der Waals surface area contributed by atoms with Crippen LogP contribution in [0.3, 0.4) is 0 Å². The Balaban J connectivity index is 1.92. The van der Waals surface area contributed by atoms with Crippen molar-refractivity contribution in [3.05, 3.63) is 60.0 Å². The largest absolute Gasteiger partial charge is 0.306 e. The normalized spacial score (nSPS) is 12.2. The first-order valence-electron chi connectivity index (χ1n) is 9.22. The number of aromatic nitrogens is 4. The number of hydrogen-bond acceptors (Lipinski definition) is 6. The summed E-state index contributed by atoms with van der Waals surface area (Å²) in [5, 5.41) is 7.38. The minimum absolute atomic E-state index is 0.113. The van der Waals surface area contributed by atoms with Crippen LogP contribution in [0.1, 0.15) is 36.8 Å². The molecule has 0 aliphatic heterocycles. The van der Waals surface area contributed by atoms with Crippen molar-refractivity contribution in [3.8, 4) is 5.95 Å². The summed E-state index contributed by atoms with van der Waals surface area (Å²) in [6, 6.07) is 9.22. The Morgan fingerprint density at radius 1 is 1.07 bits per heavy atom. The van der Waals surface area contributed by atoms with E-state index in [1.807, 2.05) is 20.8 Å². The van der Waals surface area contributed by atoms with E-state index in [4.69, 9.17) is 0 Å². The highest BCUT2D eigenvalue weighted by Crippen LogP contribution is 2.25. The summed E-state index contributed by atoms with van der Waals surface area (Å²) in [5.74, 6) is 0.346. The minimum atomic E-state index is -3.56. The third-order valence-electron chi connectivity index (χ3n) is 4.36. The van der Waals surface area contributed by atoms with Crippen LogP contribution in [0.15, 0.2) is 53.7 Å². The van der Waals surface area contributed by atoms with Gasteiger partial charge in [0.05, 0.1) is 10.6 Å². The third kappa shape index (κ3) is 4.39. The number of anilines is 1. The molecule has 0 saturated carbocycles. The molecule has 3 aromatic rings. The number of rotatable bonds is 5. The van der Waals surface area contributed by atoms with Gasteiger partial charge >= 0.3 is 0 Å². The molecule has 9 nitrogen and oxygen atoms in total. The van der Waals surface area contributed by atoms with Crippen LogP contribution in [0.5, 0.6) is 0 Å². The van der Waals surface area contributed by atoms with Crippen LogP contribution in [0.25, 0.3) is 5.95 Å². The molecule has 0 aliphatic rings. The molecule has 3 rings (SSSR count). The number of nitrogens with zero attached hydrogens (tertiary/aromatic N) is 5. The van der Waals surface area contributed by atoms with Gasteiger partial charge in [-0.2, -0.15) is 9.78 Å². The lowest BCUT2D eigenvalue weighted by Gasteiger charge is -2.13. The van der Waals surface area contributed by atoms with Crippen molar-refractivity contribution in [1.82, 2.24) is 24.1 Å². The second kappa shape index (κ2) is 7.96. The lowest BCUT2D eigenvalue weighted by molar-refractivity contribution is 0.102. The molecule has 2 heterocycles. The molecule has 1 amide bonds. The topological polar surface area (TPSA) is 110 Å². The van der Waals surface area contributed by atoms with Crippen LogP contribution >= 0.6 is 0 Å². The molecule has 0 atom stereocenters. The van der Waals surface area contributed by atoms with Gasteiger partial charge in [-0.3, -0.25) is 4.79 Å². The van der Waals surface area contributed by atoms with Crippen molar-refractivity contribution < 1.29 is 13.2 Å². The highest BCUT2D eigenvalue weighted by Gasteiger charge is 2.23. The summed E-state index contributed by atoms with van der Waals surface area (Å²) in [6.07, 6.45) is 3.19. The van der Waals surface area contributed by atoms with Gasteiger partial charge in [-0.05, 0) is 30.3 Å². The van der Waals surface area contributed by atoms with Gasteiger partial charge in [0.25, 0.3) is 11.9 Å². The molecule has 0 bridgehead atoms. The fraction of sp³-hybridized carbons (Fsp3) is 0.300. The van der Waals surface area contributed by atoms with Gasteiger partial charge in [0.1, 0.15) is 5.82 Å². The zero-order chi connectivity index (χ0) is 22.1. The number of sulfonamides is 1. The van der Waals surface area contributed by atoms with Crippen molar-refractivity contribution in [2.45, 2.75) is 31.1 Å². The van der Waals surface area contributed by atoms with Gasteiger partial charge in [-0.1, -0.05) is 20.8 Å². The Bertz CT molecular complexity index is 1150. The maximum atomic E-state index is 12.8. The second-order valence-corrected chi connectivity index (χ2v) is 10.0. The molecular weight excluding hydrogens is 404 g/mol. The Hall–Kier alpha value is -3.11. The van der Waals surface area contributed by atoms with Gasteiger partial charge in [-0.25, -0.2) is 22.7 Å². The van der Waals surface area contributed by atoms with Crippen LogP contribution in [-0.4, -0.2) is 52.5 Å². The standard InChI is InChI=1S/C20H24N6O3S/c1-20(2,3)16-13-17(26(24-16)19-21-11-6-12-22-19)23-18(27)14-7-9-15(10-8-14)30(28,29)25(4)5/h6-13H,1-5H3,(H,23,27). The summed E-state index contributed by atoms with van der Waals surface area (Å²) in [5.41, 5.74) is 0.825. The number of benzene rings is 1. The van der Waals surface area contributed by atoms with Crippen molar-refractivity contribution in [2.75, 3.05) is 19.4 Å².